The number of carbonyl (C=O) groups excluding carboxylic acids is 2. The van der Waals surface area contributed by atoms with E-state index in [-0.39, 0.29) is 13.2 Å². The summed E-state index contributed by atoms with van der Waals surface area (Å²) in [6, 6.07) is 0. The molecule has 0 aromatic rings. The molecule has 0 aliphatic heterocycles. The molecule has 4 N–H and O–H groups in total. The molecule has 0 aromatic carbocycles. The summed E-state index contributed by atoms with van der Waals surface area (Å²) < 4.78 is 8.91. The molecule has 0 unspecified atom stereocenters. The summed E-state index contributed by atoms with van der Waals surface area (Å²) in [5.74, 6) is 1.23. The largest absolute Gasteiger partial charge is 0.449 e. The van der Waals surface area contributed by atoms with Crippen molar-refractivity contribution in [3.63, 3.8) is 0 Å². The van der Waals surface area contributed by atoms with Crippen molar-refractivity contribution < 1.29 is 19.1 Å². The quantitative estimate of drug-likeness (QED) is 0.593. The molecular formula is C6H12N2O4S. The first-order valence-corrected chi connectivity index (χ1v) is 4.70. The summed E-state index contributed by atoms with van der Waals surface area (Å²) >= 11 is 1.47. The summed E-state index contributed by atoms with van der Waals surface area (Å²) in [4.78, 5) is 20.2. The molecule has 0 radical (unpaired) electrons. The molecular weight excluding hydrogens is 196 g/mol. The normalized spacial score (nSPS) is 9.23. The van der Waals surface area contributed by atoms with E-state index in [1.54, 1.807) is 0 Å². The Morgan fingerprint density at radius 1 is 1.00 bits per heavy atom. The minimum Gasteiger partial charge on any atom is -0.449 e. The summed E-state index contributed by atoms with van der Waals surface area (Å²) in [5, 5.41) is 0. The smallest absolute Gasteiger partial charge is 0.404 e. The average Bonchev–Trinajstić information content (AvgIpc) is 2.01. The van der Waals surface area contributed by atoms with E-state index >= 15 is 0 Å². The number of amides is 2. The highest BCUT2D eigenvalue weighted by Crippen LogP contribution is 1.98. The van der Waals surface area contributed by atoms with Crippen LogP contribution >= 0.6 is 11.8 Å². The van der Waals surface area contributed by atoms with Crippen LogP contribution in [0.4, 0.5) is 9.59 Å². The molecule has 0 fully saturated rings. The third kappa shape index (κ3) is 10.9. The lowest BCUT2D eigenvalue weighted by Gasteiger charge is -2.01. The van der Waals surface area contributed by atoms with Gasteiger partial charge in [-0.05, 0) is 0 Å². The fourth-order valence-electron chi connectivity index (χ4n) is 0.504. The Bertz CT molecular complexity index is 158. The van der Waals surface area contributed by atoms with E-state index in [0.29, 0.717) is 11.5 Å². The highest BCUT2D eigenvalue weighted by molar-refractivity contribution is 7.99. The monoisotopic (exact) mass is 208 g/mol. The summed E-state index contributed by atoms with van der Waals surface area (Å²) in [6.07, 6.45) is -1.57. The van der Waals surface area contributed by atoms with E-state index in [9.17, 15) is 9.59 Å². The Hall–Kier alpha value is -1.11. The Morgan fingerprint density at radius 2 is 1.38 bits per heavy atom. The third-order valence-electron chi connectivity index (χ3n) is 0.944. The molecule has 0 aromatic heterocycles. The van der Waals surface area contributed by atoms with Gasteiger partial charge in [0, 0.05) is 11.5 Å². The van der Waals surface area contributed by atoms with Crippen molar-refractivity contribution in [3.05, 3.63) is 0 Å². The number of nitrogens with two attached hydrogens (primary N) is 2. The van der Waals surface area contributed by atoms with E-state index < -0.39 is 12.2 Å². The highest BCUT2D eigenvalue weighted by atomic mass is 32.2. The summed E-state index contributed by atoms with van der Waals surface area (Å²) in [5.41, 5.74) is 9.43. The molecule has 0 saturated heterocycles. The number of ether oxygens (including phenoxy) is 2. The molecule has 0 spiro atoms. The zero-order valence-electron chi connectivity index (χ0n) is 7.02. The maximum Gasteiger partial charge on any atom is 0.404 e. The van der Waals surface area contributed by atoms with E-state index in [2.05, 4.69) is 9.47 Å². The second-order valence-electron chi connectivity index (χ2n) is 1.95. The summed E-state index contributed by atoms with van der Waals surface area (Å²) in [6.45, 7) is 0.521. The number of thioether (sulfide) groups is 1. The average molecular weight is 208 g/mol. The lowest BCUT2D eigenvalue weighted by Crippen LogP contribution is -2.16. The maximum atomic E-state index is 10.1. The topological polar surface area (TPSA) is 105 Å². The molecule has 2 amide bonds. The number of hydrogen-bond acceptors (Lipinski definition) is 5. The summed E-state index contributed by atoms with van der Waals surface area (Å²) in [7, 11) is 0. The fraction of sp³-hybridized carbons (Fsp3) is 0.667. The second-order valence-corrected chi connectivity index (χ2v) is 3.17. The van der Waals surface area contributed by atoms with Crippen molar-refractivity contribution in [3.8, 4) is 0 Å². The van der Waals surface area contributed by atoms with Gasteiger partial charge in [0.25, 0.3) is 0 Å². The molecule has 0 atom stereocenters. The molecule has 0 rings (SSSR count). The molecule has 0 aliphatic carbocycles. The number of primary amides is 2. The van der Waals surface area contributed by atoms with Crippen molar-refractivity contribution in [1.82, 2.24) is 0 Å². The molecule has 0 heterocycles. The predicted molar refractivity (Wildman–Crippen MR) is 48.4 cm³/mol. The van der Waals surface area contributed by atoms with Crippen molar-refractivity contribution in [2.45, 2.75) is 0 Å². The second kappa shape index (κ2) is 7.53. The number of hydrogen-bond donors (Lipinski definition) is 2. The van der Waals surface area contributed by atoms with E-state index in [0.717, 1.165) is 0 Å². The van der Waals surface area contributed by atoms with Crippen molar-refractivity contribution >= 4 is 23.9 Å². The van der Waals surface area contributed by atoms with Gasteiger partial charge in [0.05, 0.1) is 0 Å². The van der Waals surface area contributed by atoms with Crippen LogP contribution in [0.1, 0.15) is 0 Å². The van der Waals surface area contributed by atoms with Crippen LogP contribution < -0.4 is 11.5 Å². The van der Waals surface area contributed by atoms with Gasteiger partial charge >= 0.3 is 12.2 Å². The molecule has 0 aliphatic rings. The number of carbonyl (C=O) groups is 2. The Kier molecular flexibility index (Phi) is 6.89. The van der Waals surface area contributed by atoms with Crippen LogP contribution in [-0.2, 0) is 9.47 Å². The lowest BCUT2D eigenvalue weighted by atomic mass is 10.8. The van der Waals surface area contributed by atoms with E-state index in [1.165, 1.54) is 11.8 Å². The minimum absolute atomic E-state index is 0.260. The molecule has 6 nitrogen and oxygen atoms in total. The third-order valence-corrected chi connectivity index (χ3v) is 1.85. The maximum absolute atomic E-state index is 10.1. The van der Waals surface area contributed by atoms with Gasteiger partial charge in [0.15, 0.2) is 0 Å². The van der Waals surface area contributed by atoms with Gasteiger partial charge in [-0.15, -0.1) is 0 Å². The van der Waals surface area contributed by atoms with Crippen LogP contribution in [0.2, 0.25) is 0 Å². The standard InChI is InChI=1S/C6H12N2O4S/c7-5(9)11-1-3-13-4-2-12-6(8)10/h1-4H2,(H2,7,9)(H2,8,10). The SMILES string of the molecule is NC(=O)OCCSCCOC(N)=O. The highest BCUT2D eigenvalue weighted by Gasteiger charge is 1.95. The molecule has 13 heavy (non-hydrogen) atoms. The predicted octanol–water partition coefficient (Wildman–Crippen LogP) is -0.0898. The van der Waals surface area contributed by atoms with Crippen molar-refractivity contribution in [2.75, 3.05) is 24.7 Å². The van der Waals surface area contributed by atoms with Crippen LogP contribution in [0.15, 0.2) is 0 Å². The van der Waals surface area contributed by atoms with Gasteiger partial charge in [0.1, 0.15) is 13.2 Å². The Morgan fingerprint density at radius 3 is 1.69 bits per heavy atom. The first-order valence-electron chi connectivity index (χ1n) is 3.55. The Labute approximate surface area is 79.9 Å². The van der Waals surface area contributed by atoms with Crippen LogP contribution in [0.3, 0.4) is 0 Å². The zero-order chi connectivity index (χ0) is 10.1. The first kappa shape index (κ1) is 11.9. The van der Waals surface area contributed by atoms with Gasteiger partial charge in [-0.1, -0.05) is 0 Å². The van der Waals surface area contributed by atoms with Crippen LogP contribution in [0, 0.1) is 0 Å². The van der Waals surface area contributed by atoms with Crippen LogP contribution in [0.5, 0.6) is 0 Å². The van der Waals surface area contributed by atoms with Gasteiger partial charge in [-0.2, -0.15) is 11.8 Å². The zero-order valence-corrected chi connectivity index (χ0v) is 7.84. The van der Waals surface area contributed by atoms with Gasteiger partial charge in [-0.25, -0.2) is 9.59 Å². The van der Waals surface area contributed by atoms with Crippen LogP contribution in [0.25, 0.3) is 0 Å². The van der Waals surface area contributed by atoms with E-state index in [4.69, 9.17) is 11.5 Å². The van der Waals surface area contributed by atoms with Gasteiger partial charge in [0.2, 0.25) is 0 Å². The van der Waals surface area contributed by atoms with Crippen molar-refractivity contribution in [2.24, 2.45) is 11.5 Å². The van der Waals surface area contributed by atoms with Gasteiger partial charge < -0.3 is 20.9 Å². The molecule has 0 bridgehead atoms. The van der Waals surface area contributed by atoms with E-state index in [1.807, 2.05) is 0 Å². The molecule has 0 saturated carbocycles. The minimum atomic E-state index is -0.783. The van der Waals surface area contributed by atoms with Gasteiger partial charge in [-0.3, -0.25) is 0 Å². The fourth-order valence-corrected chi connectivity index (χ4v) is 1.11. The van der Waals surface area contributed by atoms with Crippen molar-refractivity contribution in [1.29, 1.82) is 0 Å². The first-order chi connectivity index (χ1) is 6.13. The lowest BCUT2D eigenvalue weighted by molar-refractivity contribution is 0.164. The molecule has 7 heteroatoms. The van der Waals surface area contributed by atoms with Crippen LogP contribution in [-0.4, -0.2) is 36.9 Å². The Balaban J connectivity index is 3.00. The molecule has 76 valence electrons. The number of rotatable bonds is 6.